The maximum absolute atomic E-state index is 12.1. The molecule has 112 valence electrons. The van der Waals surface area contributed by atoms with E-state index in [0.717, 1.165) is 0 Å². The van der Waals surface area contributed by atoms with E-state index in [2.05, 4.69) is 16.3 Å². The largest absolute Gasteiger partial charge is 0.573 e. The standard InChI is InChI=1S/C14H14F3N3O/c1-3-8-20-9(2)19-12(13(20)18)10-4-6-11(7-5-10)21-14(15,16)17/h3-7H,1,8,18H2,2H3. The zero-order valence-corrected chi connectivity index (χ0v) is 11.3. The first-order valence-electron chi connectivity index (χ1n) is 6.11. The molecule has 0 amide bonds. The van der Waals surface area contributed by atoms with E-state index in [-0.39, 0.29) is 5.75 Å². The number of alkyl halides is 3. The first-order valence-corrected chi connectivity index (χ1v) is 6.11. The van der Waals surface area contributed by atoms with Crippen LogP contribution in [0.2, 0.25) is 0 Å². The van der Waals surface area contributed by atoms with Gasteiger partial charge in [-0.1, -0.05) is 6.08 Å². The highest BCUT2D eigenvalue weighted by Crippen LogP contribution is 2.29. The van der Waals surface area contributed by atoms with Crippen LogP contribution in [0.5, 0.6) is 5.75 Å². The van der Waals surface area contributed by atoms with Crippen molar-refractivity contribution < 1.29 is 17.9 Å². The summed E-state index contributed by atoms with van der Waals surface area (Å²) in [5.74, 6) is 0.863. The van der Waals surface area contributed by atoms with Gasteiger partial charge in [0.25, 0.3) is 0 Å². The lowest BCUT2D eigenvalue weighted by molar-refractivity contribution is -0.274. The van der Waals surface area contributed by atoms with E-state index in [1.807, 2.05) is 0 Å². The molecule has 0 bridgehead atoms. The molecule has 0 aliphatic heterocycles. The normalized spacial score (nSPS) is 11.4. The highest BCUT2D eigenvalue weighted by atomic mass is 19.4. The highest BCUT2D eigenvalue weighted by molar-refractivity contribution is 5.71. The van der Waals surface area contributed by atoms with Crippen molar-refractivity contribution in [2.24, 2.45) is 0 Å². The molecule has 1 aromatic heterocycles. The molecule has 0 aliphatic carbocycles. The number of nitrogens with two attached hydrogens (primary N) is 1. The molecule has 0 aliphatic rings. The molecule has 7 heteroatoms. The summed E-state index contributed by atoms with van der Waals surface area (Å²) in [6.45, 7) is 5.95. The minimum atomic E-state index is -4.71. The number of anilines is 1. The first-order chi connectivity index (χ1) is 9.81. The molecular weight excluding hydrogens is 283 g/mol. The minimum absolute atomic E-state index is 0.285. The van der Waals surface area contributed by atoms with Crippen LogP contribution in [0.3, 0.4) is 0 Å². The van der Waals surface area contributed by atoms with E-state index < -0.39 is 6.36 Å². The molecule has 1 heterocycles. The van der Waals surface area contributed by atoms with Crippen molar-refractivity contribution in [2.75, 3.05) is 5.73 Å². The summed E-state index contributed by atoms with van der Waals surface area (Å²) < 4.78 is 41.9. The monoisotopic (exact) mass is 297 g/mol. The number of ether oxygens (including phenoxy) is 1. The fourth-order valence-corrected chi connectivity index (χ4v) is 1.97. The number of benzene rings is 1. The summed E-state index contributed by atoms with van der Waals surface area (Å²) in [7, 11) is 0. The van der Waals surface area contributed by atoms with Crippen molar-refractivity contribution in [3.8, 4) is 17.0 Å². The Bertz CT molecular complexity index is 645. The molecule has 0 spiro atoms. The molecular formula is C14H14F3N3O. The van der Waals surface area contributed by atoms with E-state index in [0.29, 0.717) is 29.4 Å². The van der Waals surface area contributed by atoms with Gasteiger partial charge in [0, 0.05) is 12.1 Å². The number of rotatable bonds is 4. The Balaban J connectivity index is 2.31. The molecule has 0 saturated heterocycles. The van der Waals surface area contributed by atoms with Crippen LogP contribution in [0, 0.1) is 6.92 Å². The SMILES string of the molecule is C=CCn1c(C)nc(-c2ccc(OC(F)(F)F)cc2)c1N. The van der Waals surface area contributed by atoms with Gasteiger partial charge < -0.3 is 15.0 Å². The topological polar surface area (TPSA) is 53.1 Å². The summed E-state index contributed by atoms with van der Waals surface area (Å²) in [5, 5.41) is 0. The van der Waals surface area contributed by atoms with Crippen LogP contribution >= 0.6 is 0 Å². The van der Waals surface area contributed by atoms with Crippen LogP contribution in [0.4, 0.5) is 19.0 Å². The Labute approximate surface area is 119 Å². The second-order valence-electron chi connectivity index (χ2n) is 4.36. The van der Waals surface area contributed by atoms with Gasteiger partial charge in [0.05, 0.1) is 0 Å². The Hall–Kier alpha value is -2.44. The van der Waals surface area contributed by atoms with Gasteiger partial charge in [-0.25, -0.2) is 4.98 Å². The zero-order chi connectivity index (χ0) is 15.6. The third kappa shape index (κ3) is 3.36. The highest BCUT2D eigenvalue weighted by Gasteiger charge is 2.31. The lowest BCUT2D eigenvalue weighted by Crippen LogP contribution is -2.16. The van der Waals surface area contributed by atoms with Gasteiger partial charge >= 0.3 is 6.36 Å². The minimum Gasteiger partial charge on any atom is -0.406 e. The number of hydrogen-bond donors (Lipinski definition) is 1. The molecule has 2 aromatic rings. The maximum Gasteiger partial charge on any atom is 0.573 e. The average molecular weight is 297 g/mol. The number of hydrogen-bond acceptors (Lipinski definition) is 3. The second kappa shape index (κ2) is 5.51. The van der Waals surface area contributed by atoms with E-state index in [1.54, 1.807) is 17.6 Å². The molecule has 4 nitrogen and oxygen atoms in total. The van der Waals surface area contributed by atoms with Gasteiger partial charge in [-0.15, -0.1) is 19.8 Å². The molecule has 0 fully saturated rings. The van der Waals surface area contributed by atoms with Gasteiger partial charge in [0.1, 0.15) is 23.1 Å². The molecule has 0 unspecified atom stereocenters. The van der Waals surface area contributed by atoms with Crippen molar-refractivity contribution in [1.29, 1.82) is 0 Å². The fourth-order valence-electron chi connectivity index (χ4n) is 1.97. The average Bonchev–Trinajstić information content (AvgIpc) is 2.66. The molecule has 2 rings (SSSR count). The van der Waals surface area contributed by atoms with E-state index in [9.17, 15) is 13.2 Å². The van der Waals surface area contributed by atoms with Crippen molar-refractivity contribution in [1.82, 2.24) is 9.55 Å². The van der Waals surface area contributed by atoms with Crippen LogP contribution in [0.15, 0.2) is 36.9 Å². The predicted molar refractivity (Wildman–Crippen MR) is 73.7 cm³/mol. The molecule has 0 saturated carbocycles. The van der Waals surface area contributed by atoms with Gasteiger partial charge in [0.2, 0.25) is 0 Å². The number of allylic oxidation sites excluding steroid dienone is 1. The predicted octanol–water partition coefficient (Wildman–Crippen LogP) is 3.53. The van der Waals surface area contributed by atoms with Gasteiger partial charge in [-0.05, 0) is 31.2 Å². The van der Waals surface area contributed by atoms with E-state index in [1.165, 1.54) is 24.3 Å². The van der Waals surface area contributed by atoms with Crippen LogP contribution in [0.25, 0.3) is 11.3 Å². The Kier molecular flexibility index (Phi) is 3.93. The second-order valence-corrected chi connectivity index (χ2v) is 4.36. The van der Waals surface area contributed by atoms with Crippen molar-refractivity contribution in [3.05, 3.63) is 42.7 Å². The zero-order valence-electron chi connectivity index (χ0n) is 11.3. The lowest BCUT2D eigenvalue weighted by atomic mass is 10.1. The van der Waals surface area contributed by atoms with Gasteiger partial charge in [0.15, 0.2) is 0 Å². The van der Waals surface area contributed by atoms with E-state index >= 15 is 0 Å². The van der Waals surface area contributed by atoms with Crippen molar-refractivity contribution in [3.63, 3.8) is 0 Å². The third-order valence-electron chi connectivity index (χ3n) is 2.87. The van der Waals surface area contributed by atoms with Crippen LogP contribution in [-0.2, 0) is 6.54 Å². The summed E-state index contributed by atoms with van der Waals surface area (Å²) in [5.41, 5.74) is 7.14. The number of nitrogen functional groups attached to an aromatic ring is 1. The first kappa shape index (κ1) is 15.0. The molecule has 1 aromatic carbocycles. The van der Waals surface area contributed by atoms with E-state index in [4.69, 9.17) is 5.73 Å². The summed E-state index contributed by atoms with van der Waals surface area (Å²) >= 11 is 0. The Morgan fingerprint density at radius 1 is 1.33 bits per heavy atom. The summed E-state index contributed by atoms with van der Waals surface area (Å²) in [4.78, 5) is 4.33. The fraction of sp³-hybridized carbons (Fsp3) is 0.214. The Morgan fingerprint density at radius 3 is 2.48 bits per heavy atom. The number of aromatic nitrogens is 2. The molecule has 21 heavy (non-hydrogen) atoms. The number of aryl methyl sites for hydroxylation is 1. The Morgan fingerprint density at radius 2 is 1.95 bits per heavy atom. The van der Waals surface area contributed by atoms with Gasteiger partial charge in [-0.2, -0.15) is 0 Å². The number of imidazole rings is 1. The van der Waals surface area contributed by atoms with Crippen molar-refractivity contribution >= 4 is 5.82 Å². The summed E-state index contributed by atoms with van der Waals surface area (Å²) in [6.07, 6.45) is -3.02. The molecule has 0 radical (unpaired) electrons. The van der Waals surface area contributed by atoms with Crippen molar-refractivity contribution in [2.45, 2.75) is 19.8 Å². The van der Waals surface area contributed by atoms with Crippen LogP contribution in [-0.4, -0.2) is 15.9 Å². The smallest absolute Gasteiger partial charge is 0.406 e. The summed E-state index contributed by atoms with van der Waals surface area (Å²) in [6, 6.07) is 5.42. The van der Waals surface area contributed by atoms with Crippen LogP contribution in [0.1, 0.15) is 5.82 Å². The molecule has 0 atom stereocenters. The number of nitrogens with zero attached hydrogens (tertiary/aromatic N) is 2. The molecule has 2 N–H and O–H groups in total. The van der Waals surface area contributed by atoms with Crippen LogP contribution < -0.4 is 10.5 Å². The maximum atomic E-state index is 12.1. The third-order valence-corrected chi connectivity index (χ3v) is 2.87. The number of halogens is 3. The van der Waals surface area contributed by atoms with Gasteiger partial charge in [-0.3, -0.25) is 0 Å². The lowest BCUT2D eigenvalue weighted by Gasteiger charge is -2.09. The quantitative estimate of drug-likeness (QED) is 0.878.